The number of aryl methyl sites for hydroxylation is 1. The van der Waals surface area contributed by atoms with Crippen LogP contribution in [0.5, 0.6) is 11.5 Å². The van der Waals surface area contributed by atoms with Crippen molar-refractivity contribution in [2.45, 2.75) is 19.9 Å². The summed E-state index contributed by atoms with van der Waals surface area (Å²) < 4.78 is 12.6. The Morgan fingerprint density at radius 1 is 1.08 bits per heavy atom. The van der Waals surface area contributed by atoms with Crippen molar-refractivity contribution in [1.82, 2.24) is 4.90 Å². The van der Waals surface area contributed by atoms with Crippen LogP contribution in [0.25, 0.3) is 16.2 Å². The van der Waals surface area contributed by atoms with Crippen LogP contribution in [-0.4, -0.2) is 28.2 Å². The number of thiocarbonyl (C=S) groups is 1. The number of hydrogen-bond acceptors (Lipinski definition) is 7. The number of carbonyl (C=O) groups excluding carboxylic acids is 2. The van der Waals surface area contributed by atoms with Crippen molar-refractivity contribution in [2.24, 2.45) is 0 Å². The van der Waals surface area contributed by atoms with Gasteiger partial charge in [0.05, 0.1) is 23.1 Å². The molecule has 4 aromatic rings. The maximum Gasteiger partial charge on any atom is 0.355 e. The van der Waals surface area contributed by atoms with Gasteiger partial charge in [-0.15, -0.1) is 11.3 Å². The molecule has 3 aromatic carbocycles. The monoisotopic (exact) mass is 579 g/mol. The molecule has 1 aromatic heterocycles. The van der Waals surface area contributed by atoms with Crippen molar-refractivity contribution in [3.63, 3.8) is 0 Å². The van der Waals surface area contributed by atoms with Gasteiger partial charge in [-0.3, -0.25) is 9.69 Å². The predicted molar refractivity (Wildman–Crippen MR) is 159 cm³/mol. The van der Waals surface area contributed by atoms with Crippen LogP contribution in [0.15, 0.2) is 71.6 Å². The van der Waals surface area contributed by atoms with E-state index in [1.165, 1.54) is 30.2 Å². The summed E-state index contributed by atoms with van der Waals surface area (Å²) in [6.45, 7) is 3.94. The molecular weight excluding hydrogens is 558 g/mol. The minimum Gasteiger partial charge on any atom is -0.493 e. The van der Waals surface area contributed by atoms with Gasteiger partial charge in [0.2, 0.25) is 0 Å². The Kier molecular flexibility index (Phi) is 7.59. The summed E-state index contributed by atoms with van der Waals surface area (Å²) in [5.74, 6) is -0.103. The lowest BCUT2D eigenvalue weighted by atomic mass is 10.1. The van der Waals surface area contributed by atoms with Crippen LogP contribution < -0.4 is 9.47 Å². The molecule has 1 atom stereocenters. The first kappa shape index (κ1) is 26.4. The van der Waals surface area contributed by atoms with Gasteiger partial charge in [-0.05, 0) is 54.8 Å². The van der Waals surface area contributed by atoms with E-state index in [4.69, 9.17) is 33.3 Å². The van der Waals surface area contributed by atoms with Crippen molar-refractivity contribution in [3.8, 4) is 11.5 Å². The maximum atomic E-state index is 13.2. The third-order valence-corrected chi connectivity index (χ3v) is 9.12. The van der Waals surface area contributed by atoms with Crippen LogP contribution in [0.1, 0.15) is 39.3 Å². The smallest absolute Gasteiger partial charge is 0.355 e. The number of amides is 1. The van der Waals surface area contributed by atoms with Gasteiger partial charge >= 0.3 is 5.97 Å². The average Bonchev–Trinajstić information content (AvgIpc) is 3.39. The first-order valence-corrected chi connectivity index (χ1v) is 14.1. The zero-order valence-corrected chi connectivity index (χ0v) is 23.9. The lowest BCUT2D eigenvalue weighted by Gasteiger charge is -2.23. The third kappa shape index (κ3) is 5.09. The Bertz CT molecular complexity index is 1610. The standard InChI is InChI=1S/C29H22ClNO4S3/c1-16-9-11-20-23(13-16)37-26(25(20)30)28(33)35-21-12-10-18(14-22(21)34-3)15-24-27(32)31(29(36)38-24)17(2)19-7-5-4-6-8-19/h4-15,17H,1-3H3/b24-15-/t17-/m1/s1. The number of rotatable bonds is 6. The summed E-state index contributed by atoms with van der Waals surface area (Å²) in [5.41, 5.74) is 2.80. The molecule has 1 aliphatic heterocycles. The average molecular weight is 580 g/mol. The number of nitrogens with zero attached hydrogens (tertiary/aromatic N) is 1. The summed E-state index contributed by atoms with van der Waals surface area (Å²) in [6, 6.07) is 20.5. The van der Waals surface area contributed by atoms with E-state index in [1.807, 2.05) is 62.4 Å². The first-order chi connectivity index (χ1) is 18.3. The summed E-state index contributed by atoms with van der Waals surface area (Å²) in [5, 5.41) is 1.19. The Balaban J connectivity index is 1.37. The topological polar surface area (TPSA) is 55.8 Å². The summed E-state index contributed by atoms with van der Waals surface area (Å²) in [6.07, 6.45) is 1.76. The molecule has 9 heteroatoms. The molecule has 1 amide bonds. The third-order valence-electron chi connectivity index (χ3n) is 6.15. The number of esters is 1. The van der Waals surface area contributed by atoms with Crippen molar-refractivity contribution in [1.29, 1.82) is 0 Å². The Morgan fingerprint density at radius 3 is 2.58 bits per heavy atom. The highest BCUT2D eigenvalue weighted by molar-refractivity contribution is 8.26. The number of carbonyl (C=O) groups is 2. The fourth-order valence-corrected chi connectivity index (χ4v) is 7.06. The molecular formula is C29H22ClNO4S3. The van der Waals surface area contributed by atoms with Crippen LogP contribution in [0, 0.1) is 6.92 Å². The lowest BCUT2D eigenvalue weighted by molar-refractivity contribution is -0.123. The summed E-state index contributed by atoms with van der Waals surface area (Å²) >= 11 is 14.6. The second kappa shape index (κ2) is 10.9. The van der Waals surface area contributed by atoms with Crippen LogP contribution >= 0.6 is 46.9 Å². The molecule has 0 bridgehead atoms. The molecule has 2 heterocycles. The van der Waals surface area contributed by atoms with Gasteiger partial charge in [-0.2, -0.15) is 0 Å². The fraction of sp³-hybridized carbons (Fsp3) is 0.138. The molecule has 1 fully saturated rings. The van der Waals surface area contributed by atoms with Gasteiger partial charge < -0.3 is 9.47 Å². The zero-order chi connectivity index (χ0) is 27.0. The van der Waals surface area contributed by atoms with Gasteiger partial charge in [0.25, 0.3) is 5.91 Å². The highest BCUT2D eigenvalue weighted by atomic mass is 35.5. The Labute approximate surface area is 239 Å². The zero-order valence-electron chi connectivity index (χ0n) is 20.7. The second-order valence-electron chi connectivity index (χ2n) is 8.68. The molecule has 0 aliphatic carbocycles. The number of fused-ring (bicyclic) bond motifs is 1. The first-order valence-electron chi connectivity index (χ1n) is 11.7. The van der Waals surface area contributed by atoms with Crippen LogP contribution in [0.2, 0.25) is 5.02 Å². The lowest BCUT2D eigenvalue weighted by Crippen LogP contribution is -2.30. The molecule has 5 nitrogen and oxygen atoms in total. The number of methoxy groups -OCH3 is 1. The number of ether oxygens (including phenoxy) is 2. The molecule has 0 radical (unpaired) electrons. The van der Waals surface area contributed by atoms with E-state index in [1.54, 1.807) is 29.2 Å². The molecule has 0 unspecified atom stereocenters. The molecule has 1 aliphatic rings. The minimum absolute atomic E-state index is 0.152. The quantitative estimate of drug-likeness (QED) is 0.0996. The van der Waals surface area contributed by atoms with Crippen molar-refractivity contribution < 1.29 is 19.1 Å². The number of thiophene rings is 1. The predicted octanol–water partition coefficient (Wildman–Crippen LogP) is 8.05. The number of halogens is 1. The SMILES string of the molecule is COc1cc(/C=C2\SC(=S)N([C@H](C)c3ccccc3)C2=O)ccc1OC(=O)c1sc2cc(C)ccc2c1Cl. The van der Waals surface area contributed by atoms with Crippen LogP contribution in [0.3, 0.4) is 0 Å². The highest BCUT2D eigenvalue weighted by Crippen LogP contribution is 2.40. The molecule has 192 valence electrons. The van der Waals surface area contributed by atoms with Gasteiger partial charge in [-0.1, -0.05) is 84.1 Å². The van der Waals surface area contributed by atoms with Gasteiger partial charge in [-0.25, -0.2) is 4.79 Å². The van der Waals surface area contributed by atoms with E-state index in [0.717, 1.165) is 21.2 Å². The molecule has 38 heavy (non-hydrogen) atoms. The summed E-state index contributed by atoms with van der Waals surface area (Å²) in [4.78, 5) is 28.7. The van der Waals surface area contributed by atoms with E-state index in [9.17, 15) is 9.59 Å². The molecule has 0 saturated carbocycles. The number of benzene rings is 3. The normalized spacial score (nSPS) is 15.4. The largest absolute Gasteiger partial charge is 0.493 e. The van der Waals surface area contributed by atoms with Gasteiger partial charge in [0.1, 0.15) is 9.20 Å². The molecule has 0 spiro atoms. The second-order valence-corrected chi connectivity index (χ2v) is 11.8. The molecule has 1 saturated heterocycles. The molecule has 0 N–H and O–H groups in total. The van der Waals surface area contributed by atoms with Crippen molar-refractivity contribution in [3.05, 3.63) is 98.2 Å². The van der Waals surface area contributed by atoms with Crippen molar-refractivity contribution >= 4 is 79.3 Å². The van der Waals surface area contributed by atoms with E-state index in [-0.39, 0.29) is 17.7 Å². The van der Waals surface area contributed by atoms with E-state index >= 15 is 0 Å². The Hall–Kier alpha value is -3.17. The van der Waals surface area contributed by atoms with Crippen molar-refractivity contribution in [2.75, 3.05) is 7.11 Å². The minimum atomic E-state index is -0.560. The highest BCUT2D eigenvalue weighted by Gasteiger charge is 2.36. The van der Waals surface area contributed by atoms with Crippen LogP contribution in [0.4, 0.5) is 0 Å². The number of hydrogen-bond donors (Lipinski definition) is 0. The fourth-order valence-electron chi connectivity index (χ4n) is 4.15. The number of thioether (sulfide) groups is 1. The van der Waals surface area contributed by atoms with Gasteiger partial charge in [0.15, 0.2) is 11.5 Å². The van der Waals surface area contributed by atoms with E-state index < -0.39 is 5.97 Å². The van der Waals surface area contributed by atoms with E-state index in [2.05, 4.69) is 0 Å². The Morgan fingerprint density at radius 2 is 1.84 bits per heavy atom. The molecule has 5 rings (SSSR count). The maximum absolute atomic E-state index is 13.2. The van der Waals surface area contributed by atoms with Crippen LogP contribution in [-0.2, 0) is 4.79 Å². The van der Waals surface area contributed by atoms with Gasteiger partial charge in [0, 0.05) is 10.1 Å². The van der Waals surface area contributed by atoms with E-state index in [0.29, 0.717) is 30.4 Å². The summed E-state index contributed by atoms with van der Waals surface area (Å²) in [7, 11) is 1.49.